The zero-order chi connectivity index (χ0) is 9.40. The maximum Gasteiger partial charge on any atom is 0.307 e. The van der Waals surface area contributed by atoms with Gasteiger partial charge in [0.2, 0.25) is 5.91 Å². The van der Waals surface area contributed by atoms with Gasteiger partial charge in [0.05, 0.1) is 20.0 Å². The highest BCUT2D eigenvalue weighted by Crippen LogP contribution is 1.82. The van der Waals surface area contributed by atoms with Gasteiger partial charge in [-0.1, -0.05) is 5.92 Å². The summed E-state index contributed by atoms with van der Waals surface area (Å²) in [7, 11) is 1.30. The lowest BCUT2D eigenvalue weighted by Gasteiger charge is -2.00. The van der Waals surface area contributed by atoms with Crippen LogP contribution in [0, 0.1) is 12.3 Å². The van der Waals surface area contributed by atoms with Crippen molar-refractivity contribution in [1.29, 1.82) is 0 Å². The smallest absolute Gasteiger partial charge is 0.307 e. The molecule has 0 aliphatic heterocycles. The third-order valence-electron chi connectivity index (χ3n) is 1.14. The number of carbonyl (C=O) groups excluding carboxylic acids is 2. The molecule has 0 unspecified atom stereocenters. The topological polar surface area (TPSA) is 55.4 Å². The highest BCUT2D eigenvalue weighted by atomic mass is 16.5. The number of hydrogen-bond donors (Lipinski definition) is 1. The van der Waals surface area contributed by atoms with Gasteiger partial charge in [-0.15, -0.1) is 6.42 Å². The van der Waals surface area contributed by atoms with Gasteiger partial charge in [-0.25, -0.2) is 0 Å². The van der Waals surface area contributed by atoms with Gasteiger partial charge in [0.25, 0.3) is 0 Å². The van der Waals surface area contributed by atoms with Crippen molar-refractivity contribution in [3.63, 3.8) is 0 Å². The van der Waals surface area contributed by atoms with Crippen LogP contribution in [-0.2, 0) is 14.3 Å². The summed E-state index contributed by atoms with van der Waals surface area (Å²) in [4.78, 5) is 21.2. The summed E-state index contributed by atoms with van der Waals surface area (Å²) in [5, 5.41) is 2.47. The third-order valence-corrected chi connectivity index (χ3v) is 1.14. The monoisotopic (exact) mass is 169 g/mol. The molecular formula is C8H11NO3. The summed E-state index contributed by atoms with van der Waals surface area (Å²) < 4.78 is 4.36. The van der Waals surface area contributed by atoms with E-state index >= 15 is 0 Å². The van der Waals surface area contributed by atoms with Crippen LogP contribution in [0.4, 0.5) is 0 Å². The Labute approximate surface area is 71.3 Å². The van der Waals surface area contributed by atoms with Crippen LogP contribution >= 0.6 is 0 Å². The number of ether oxygens (including phenoxy) is 1. The predicted molar refractivity (Wildman–Crippen MR) is 43.1 cm³/mol. The minimum Gasteiger partial charge on any atom is -0.469 e. The average molecular weight is 169 g/mol. The van der Waals surface area contributed by atoms with Crippen molar-refractivity contribution < 1.29 is 14.3 Å². The maximum absolute atomic E-state index is 10.7. The molecule has 4 nitrogen and oxygen atoms in total. The number of methoxy groups -OCH3 is 1. The van der Waals surface area contributed by atoms with Crippen molar-refractivity contribution in [2.45, 2.75) is 12.8 Å². The minimum absolute atomic E-state index is 0.0428. The summed E-state index contributed by atoms with van der Waals surface area (Å²) in [6.45, 7) is 0.271. The van der Waals surface area contributed by atoms with E-state index in [1.807, 2.05) is 0 Å². The molecule has 4 heteroatoms. The fraction of sp³-hybridized carbons (Fsp3) is 0.500. The second-order valence-corrected chi connectivity index (χ2v) is 2.06. The SMILES string of the molecule is C#CCC(=O)NCCC(=O)OC. The van der Waals surface area contributed by atoms with Gasteiger partial charge in [0, 0.05) is 6.54 Å². The van der Waals surface area contributed by atoms with E-state index in [1.54, 1.807) is 0 Å². The van der Waals surface area contributed by atoms with Crippen molar-refractivity contribution in [3.8, 4) is 12.3 Å². The molecular weight excluding hydrogens is 158 g/mol. The first-order chi connectivity index (χ1) is 5.70. The summed E-state index contributed by atoms with van der Waals surface area (Å²) in [5.41, 5.74) is 0. The van der Waals surface area contributed by atoms with E-state index in [4.69, 9.17) is 6.42 Å². The lowest BCUT2D eigenvalue weighted by Crippen LogP contribution is -2.25. The molecule has 0 saturated heterocycles. The Morgan fingerprint density at radius 2 is 2.25 bits per heavy atom. The number of amides is 1. The average Bonchev–Trinajstić information content (AvgIpc) is 2.04. The molecule has 0 radical (unpaired) electrons. The number of rotatable bonds is 4. The molecule has 0 spiro atoms. The molecule has 0 atom stereocenters. The second-order valence-electron chi connectivity index (χ2n) is 2.06. The van der Waals surface area contributed by atoms with Crippen molar-refractivity contribution in [2.75, 3.05) is 13.7 Å². The Morgan fingerprint density at radius 3 is 2.75 bits per heavy atom. The van der Waals surface area contributed by atoms with Crippen LogP contribution in [-0.4, -0.2) is 25.5 Å². The predicted octanol–water partition coefficient (Wildman–Crippen LogP) is -0.311. The van der Waals surface area contributed by atoms with Crippen molar-refractivity contribution >= 4 is 11.9 Å². The molecule has 0 aliphatic rings. The fourth-order valence-electron chi connectivity index (χ4n) is 0.561. The molecule has 66 valence electrons. The van der Waals surface area contributed by atoms with Crippen molar-refractivity contribution in [1.82, 2.24) is 5.32 Å². The molecule has 1 N–H and O–H groups in total. The molecule has 0 aromatic heterocycles. The van der Waals surface area contributed by atoms with Gasteiger partial charge >= 0.3 is 5.97 Å². The quantitative estimate of drug-likeness (QED) is 0.464. The number of terminal acetylenes is 1. The van der Waals surface area contributed by atoms with Crippen LogP contribution in [0.15, 0.2) is 0 Å². The molecule has 0 bridgehead atoms. The molecule has 12 heavy (non-hydrogen) atoms. The standard InChI is InChI=1S/C8H11NO3/c1-3-4-7(10)9-6-5-8(11)12-2/h1H,4-6H2,2H3,(H,9,10). The van der Waals surface area contributed by atoms with Crippen LogP contribution in [0.25, 0.3) is 0 Å². The molecule has 0 aromatic carbocycles. The Bertz CT molecular complexity index is 205. The number of hydrogen-bond acceptors (Lipinski definition) is 3. The Kier molecular flexibility index (Phi) is 5.45. The van der Waals surface area contributed by atoms with E-state index in [9.17, 15) is 9.59 Å². The molecule has 1 amide bonds. The van der Waals surface area contributed by atoms with E-state index in [-0.39, 0.29) is 31.3 Å². The zero-order valence-electron chi connectivity index (χ0n) is 6.92. The molecule has 0 aromatic rings. The highest BCUT2D eigenvalue weighted by molar-refractivity contribution is 5.79. The van der Waals surface area contributed by atoms with E-state index < -0.39 is 0 Å². The van der Waals surface area contributed by atoms with Gasteiger partial charge in [0.15, 0.2) is 0 Å². The lowest BCUT2D eigenvalue weighted by atomic mass is 10.4. The number of nitrogens with one attached hydrogen (secondary N) is 1. The third kappa shape index (κ3) is 5.30. The van der Waals surface area contributed by atoms with E-state index in [2.05, 4.69) is 16.0 Å². The number of esters is 1. The Balaban J connectivity index is 3.38. The summed E-state index contributed by atoms with van der Waals surface area (Å²) >= 11 is 0. The number of carbonyl (C=O) groups is 2. The van der Waals surface area contributed by atoms with Gasteiger partial charge < -0.3 is 10.1 Å². The Hall–Kier alpha value is -1.50. The van der Waals surface area contributed by atoms with Gasteiger partial charge in [0.1, 0.15) is 0 Å². The summed E-state index contributed by atoms with van der Waals surface area (Å²) in [5.74, 6) is 1.59. The van der Waals surface area contributed by atoms with Gasteiger partial charge in [-0.05, 0) is 0 Å². The summed E-state index contributed by atoms with van der Waals surface area (Å²) in [6.07, 6.45) is 5.10. The van der Waals surface area contributed by atoms with Crippen molar-refractivity contribution in [3.05, 3.63) is 0 Å². The largest absolute Gasteiger partial charge is 0.469 e. The first kappa shape index (κ1) is 10.5. The Morgan fingerprint density at radius 1 is 1.58 bits per heavy atom. The summed E-state index contributed by atoms with van der Waals surface area (Å²) in [6, 6.07) is 0. The minimum atomic E-state index is -0.351. The second kappa shape index (κ2) is 6.23. The van der Waals surface area contributed by atoms with E-state index in [0.29, 0.717) is 0 Å². The van der Waals surface area contributed by atoms with E-state index in [0.717, 1.165) is 0 Å². The van der Waals surface area contributed by atoms with Crippen LogP contribution in [0.2, 0.25) is 0 Å². The highest BCUT2D eigenvalue weighted by Gasteiger charge is 2.01. The van der Waals surface area contributed by atoms with Crippen LogP contribution in [0.5, 0.6) is 0 Å². The van der Waals surface area contributed by atoms with Gasteiger partial charge in [-0.2, -0.15) is 0 Å². The zero-order valence-corrected chi connectivity index (χ0v) is 6.92. The van der Waals surface area contributed by atoms with Crippen LogP contribution in [0.1, 0.15) is 12.8 Å². The lowest BCUT2D eigenvalue weighted by molar-refractivity contribution is -0.140. The first-order valence-electron chi connectivity index (χ1n) is 3.47. The molecule has 0 saturated carbocycles. The van der Waals surface area contributed by atoms with Crippen molar-refractivity contribution in [2.24, 2.45) is 0 Å². The normalized spacial score (nSPS) is 8.33. The van der Waals surface area contributed by atoms with E-state index in [1.165, 1.54) is 7.11 Å². The van der Waals surface area contributed by atoms with Crippen LogP contribution < -0.4 is 5.32 Å². The van der Waals surface area contributed by atoms with Crippen LogP contribution in [0.3, 0.4) is 0 Å². The molecule has 0 rings (SSSR count). The fourth-order valence-corrected chi connectivity index (χ4v) is 0.561. The molecule has 0 fully saturated rings. The molecule has 0 heterocycles. The van der Waals surface area contributed by atoms with Gasteiger partial charge in [-0.3, -0.25) is 9.59 Å². The molecule has 0 aliphatic carbocycles. The maximum atomic E-state index is 10.7. The first-order valence-corrected chi connectivity index (χ1v) is 3.47.